The van der Waals surface area contributed by atoms with Gasteiger partial charge in [-0.15, -0.1) is 11.8 Å². The van der Waals surface area contributed by atoms with Crippen LogP contribution in [0.3, 0.4) is 0 Å². The number of likely N-dealkylation sites (N-methyl/N-ethyl adjacent to an activating group) is 1. The molecule has 1 aromatic carbocycles. The molecule has 0 fully saturated rings. The zero-order valence-corrected chi connectivity index (χ0v) is 11.0. The van der Waals surface area contributed by atoms with E-state index in [1.807, 2.05) is 30.5 Å². The predicted octanol–water partition coefficient (Wildman–Crippen LogP) is 2.93. The van der Waals surface area contributed by atoms with Crippen LogP contribution >= 0.6 is 11.8 Å². The third kappa shape index (κ3) is 3.65. The Bertz CT molecular complexity index is 330. The van der Waals surface area contributed by atoms with Crippen LogP contribution in [0.25, 0.3) is 0 Å². The third-order valence-corrected chi connectivity index (χ3v) is 3.42. The van der Waals surface area contributed by atoms with Crippen LogP contribution in [-0.4, -0.2) is 36.6 Å². The number of carbonyl (C=O) groups excluding carboxylic acids is 1. The molecule has 0 aliphatic rings. The van der Waals surface area contributed by atoms with Gasteiger partial charge in [0.15, 0.2) is 5.78 Å². The van der Waals surface area contributed by atoms with Crippen LogP contribution in [0, 0.1) is 0 Å². The molecule has 0 heterocycles. The molecule has 16 heavy (non-hydrogen) atoms. The standard InChI is InChI=1S/C13H19NOS/c1-4-14(5-2)10-13(15)11-6-8-12(16-3)9-7-11/h6-9H,4-5,10H2,1-3H3. The van der Waals surface area contributed by atoms with E-state index in [1.165, 1.54) is 4.90 Å². The van der Waals surface area contributed by atoms with Gasteiger partial charge in [0.2, 0.25) is 0 Å². The smallest absolute Gasteiger partial charge is 0.176 e. The molecule has 0 atom stereocenters. The first-order valence-corrected chi connectivity index (χ1v) is 6.83. The monoisotopic (exact) mass is 237 g/mol. The first-order valence-electron chi connectivity index (χ1n) is 5.60. The first kappa shape index (κ1) is 13.3. The number of nitrogens with zero attached hydrogens (tertiary/aromatic N) is 1. The molecule has 2 nitrogen and oxygen atoms in total. The average molecular weight is 237 g/mol. The van der Waals surface area contributed by atoms with Gasteiger partial charge in [0, 0.05) is 10.5 Å². The van der Waals surface area contributed by atoms with Gasteiger partial charge in [-0.3, -0.25) is 9.69 Å². The van der Waals surface area contributed by atoms with Crippen molar-refractivity contribution < 1.29 is 4.79 Å². The number of hydrogen-bond acceptors (Lipinski definition) is 3. The number of rotatable bonds is 6. The van der Waals surface area contributed by atoms with E-state index in [0.29, 0.717) is 6.54 Å². The Kier molecular flexibility index (Phi) is 5.56. The molecule has 0 radical (unpaired) electrons. The highest BCUT2D eigenvalue weighted by molar-refractivity contribution is 7.98. The van der Waals surface area contributed by atoms with Crippen LogP contribution in [0.5, 0.6) is 0 Å². The number of benzene rings is 1. The number of hydrogen-bond donors (Lipinski definition) is 0. The van der Waals surface area contributed by atoms with Crippen molar-refractivity contribution in [1.29, 1.82) is 0 Å². The van der Waals surface area contributed by atoms with E-state index in [-0.39, 0.29) is 5.78 Å². The Labute approximate surface area is 102 Å². The van der Waals surface area contributed by atoms with Gasteiger partial charge in [0.05, 0.1) is 6.54 Å². The van der Waals surface area contributed by atoms with Crippen molar-refractivity contribution in [3.05, 3.63) is 29.8 Å². The highest BCUT2D eigenvalue weighted by atomic mass is 32.2. The first-order chi connectivity index (χ1) is 7.71. The van der Waals surface area contributed by atoms with Crippen molar-refractivity contribution in [2.24, 2.45) is 0 Å². The average Bonchev–Trinajstić information content (AvgIpc) is 2.35. The lowest BCUT2D eigenvalue weighted by Gasteiger charge is -2.16. The van der Waals surface area contributed by atoms with E-state index in [9.17, 15) is 4.79 Å². The van der Waals surface area contributed by atoms with Crippen molar-refractivity contribution >= 4 is 17.5 Å². The number of carbonyl (C=O) groups is 1. The maximum atomic E-state index is 11.9. The molecule has 0 amide bonds. The summed E-state index contributed by atoms with van der Waals surface area (Å²) in [4.78, 5) is 15.2. The lowest BCUT2D eigenvalue weighted by Crippen LogP contribution is -2.29. The quantitative estimate of drug-likeness (QED) is 0.560. The molecule has 0 bridgehead atoms. The fourth-order valence-corrected chi connectivity index (χ4v) is 1.93. The van der Waals surface area contributed by atoms with Crippen molar-refractivity contribution in [3.8, 4) is 0 Å². The summed E-state index contributed by atoms with van der Waals surface area (Å²) in [5.74, 6) is 0.205. The summed E-state index contributed by atoms with van der Waals surface area (Å²) in [6.45, 7) is 6.52. The predicted molar refractivity (Wildman–Crippen MR) is 70.3 cm³/mol. The van der Waals surface area contributed by atoms with Crippen molar-refractivity contribution in [1.82, 2.24) is 4.90 Å². The molecule has 3 heteroatoms. The second-order valence-corrected chi connectivity index (χ2v) is 4.49. The Morgan fingerprint density at radius 2 is 1.75 bits per heavy atom. The van der Waals surface area contributed by atoms with E-state index in [2.05, 4.69) is 18.7 Å². The van der Waals surface area contributed by atoms with Gasteiger partial charge in [-0.05, 0) is 31.5 Å². The Hall–Kier alpha value is -0.800. The van der Waals surface area contributed by atoms with Gasteiger partial charge in [-0.25, -0.2) is 0 Å². The van der Waals surface area contributed by atoms with Gasteiger partial charge in [0.1, 0.15) is 0 Å². The molecular formula is C13H19NOS. The molecule has 0 saturated carbocycles. The highest BCUT2D eigenvalue weighted by Crippen LogP contribution is 2.15. The number of ketones is 1. The van der Waals surface area contributed by atoms with Gasteiger partial charge in [-0.1, -0.05) is 26.0 Å². The van der Waals surface area contributed by atoms with Crippen molar-refractivity contribution in [2.45, 2.75) is 18.7 Å². The zero-order chi connectivity index (χ0) is 12.0. The van der Waals surface area contributed by atoms with Gasteiger partial charge >= 0.3 is 0 Å². The van der Waals surface area contributed by atoms with E-state index < -0.39 is 0 Å². The molecule has 0 N–H and O–H groups in total. The summed E-state index contributed by atoms with van der Waals surface area (Å²) in [6.07, 6.45) is 2.03. The molecule has 0 aliphatic heterocycles. The minimum absolute atomic E-state index is 0.205. The summed E-state index contributed by atoms with van der Waals surface area (Å²) >= 11 is 1.69. The fourth-order valence-electron chi connectivity index (χ4n) is 1.52. The number of thioether (sulfide) groups is 1. The van der Waals surface area contributed by atoms with Gasteiger partial charge in [0.25, 0.3) is 0 Å². The Morgan fingerprint density at radius 1 is 1.19 bits per heavy atom. The molecule has 1 rings (SSSR count). The summed E-state index contributed by atoms with van der Waals surface area (Å²) in [5.41, 5.74) is 0.810. The van der Waals surface area contributed by atoms with Crippen LogP contribution in [0.2, 0.25) is 0 Å². The molecule has 0 spiro atoms. The summed E-state index contributed by atoms with van der Waals surface area (Å²) in [6, 6.07) is 7.83. The molecule has 0 aromatic heterocycles. The molecule has 0 unspecified atom stereocenters. The van der Waals surface area contributed by atoms with Crippen LogP contribution in [-0.2, 0) is 0 Å². The second-order valence-electron chi connectivity index (χ2n) is 3.61. The molecule has 0 saturated heterocycles. The normalized spacial score (nSPS) is 10.8. The van der Waals surface area contributed by atoms with E-state index in [1.54, 1.807) is 11.8 Å². The molecule has 1 aromatic rings. The Balaban J connectivity index is 2.65. The van der Waals surface area contributed by atoms with Crippen LogP contribution in [0.1, 0.15) is 24.2 Å². The maximum Gasteiger partial charge on any atom is 0.176 e. The second kappa shape index (κ2) is 6.71. The van der Waals surface area contributed by atoms with Crippen LogP contribution < -0.4 is 0 Å². The Morgan fingerprint density at radius 3 is 2.19 bits per heavy atom. The van der Waals surface area contributed by atoms with Crippen molar-refractivity contribution in [3.63, 3.8) is 0 Å². The van der Waals surface area contributed by atoms with E-state index >= 15 is 0 Å². The van der Waals surface area contributed by atoms with Gasteiger partial charge in [-0.2, -0.15) is 0 Å². The topological polar surface area (TPSA) is 20.3 Å². The lowest BCUT2D eigenvalue weighted by molar-refractivity contribution is 0.0937. The molecular weight excluding hydrogens is 218 g/mol. The SMILES string of the molecule is CCN(CC)CC(=O)c1ccc(SC)cc1. The van der Waals surface area contributed by atoms with Crippen LogP contribution in [0.15, 0.2) is 29.2 Å². The van der Waals surface area contributed by atoms with Crippen molar-refractivity contribution in [2.75, 3.05) is 25.9 Å². The highest BCUT2D eigenvalue weighted by Gasteiger charge is 2.09. The van der Waals surface area contributed by atoms with Gasteiger partial charge < -0.3 is 0 Å². The molecule has 88 valence electrons. The lowest BCUT2D eigenvalue weighted by atomic mass is 10.1. The minimum atomic E-state index is 0.205. The zero-order valence-electron chi connectivity index (χ0n) is 10.2. The van der Waals surface area contributed by atoms with E-state index in [0.717, 1.165) is 18.7 Å². The summed E-state index contributed by atoms with van der Waals surface area (Å²) < 4.78 is 0. The van der Waals surface area contributed by atoms with E-state index in [4.69, 9.17) is 0 Å². The maximum absolute atomic E-state index is 11.9. The largest absolute Gasteiger partial charge is 0.296 e. The van der Waals surface area contributed by atoms with Crippen LogP contribution in [0.4, 0.5) is 0 Å². The summed E-state index contributed by atoms with van der Waals surface area (Å²) in [5, 5.41) is 0. The third-order valence-electron chi connectivity index (χ3n) is 2.67. The number of Topliss-reactive ketones (excluding diaryl/α,β-unsaturated/α-hetero) is 1. The fraction of sp³-hybridized carbons (Fsp3) is 0.462. The minimum Gasteiger partial charge on any atom is -0.296 e. The molecule has 0 aliphatic carbocycles. The summed E-state index contributed by atoms with van der Waals surface area (Å²) in [7, 11) is 0.